The molecule has 100 valence electrons. The van der Waals surface area contributed by atoms with Crippen LogP contribution in [0.2, 0.25) is 10.0 Å². The molecular weight excluding hydrogens is 279 g/mol. The summed E-state index contributed by atoms with van der Waals surface area (Å²) >= 11 is 12.1. The lowest BCUT2D eigenvalue weighted by atomic mass is 9.99. The minimum atomic E-state index is 0.109. The van der Waals surface area contributed by atoms with Gasteiger partial charge in [-0.25, -0.2) is 0 Å². The topological polar surface area (TPSA) is 24.9 Å². The molecule has 0 radical (unpaired) electrons. The number of rotatable bonds is 5. The van der Waals surface area contributed by atoms with Gasteiger partial charge in [-0.1, -0.05) is 36.2 Å². The first-order chi connectivity index (χ1) is 9.22. The Labute approximate surface area is 123 Å². The molecule has 0 spiro atoms. The van der Waals surface area contributed by atoms with Gasteiger partial charge in [0.15, 0.2) is 0 Å². The van der Waals surface area contributed by atoms with Crippen molar-refractivity contribution in [1.82, 2.24) is 10.3 Å². The van der Waals surface area contributed by atoms with E-state index in [0.29, 0.717) is 10.0 Å². The molecule has 1 aromatic carbocycles. The molecule has 0 amide bonds. The molecule has 0 aliphatic carbocycles. The number of halogens is 2. The van der Waals surface area contributed by atoms with E-state index in [1.807, 2.05) is 30.3 Å². The van der Waals surface area contributed by atoms with E-state index in [0.717, 1.165) is 18.5 Å². The van der Waals surface area contributed by atoms with E-state index in [1.165, 1.54) is 5.56 Å². The molecular formula is C15H16Cl2N2. The van der Waals surface area contributed by atoms with Gasteiger partial charge >= 0.3 is 0 Å². The minimum absolute atomic E-state index is 0.109. The molecule has 0 aliphatic heterocycles. The fourth-order valence-electron chi connectivity index (χ4n) is 1.96. The lowest BCUT2D eigenvalue weighted by Crippen LogP contribution is -2.23. The number of hydrogen-bond acceptors (Lipinski definition) is 2. The van der Waals surface area contributed by atoms with Crippen LogP contribution in [0.3, 0.4) is 0 Å². The number of nitrogens with one attached hydrogen (secondary N) is 1. The van der Waals surface area contributed by atoms with Gasteiger partial charge in [-0.2, -0.15) is 0 Å². The standard InChI is InChI=1S/C15H16Cl2N2/c1-2-7-19-15(11-5-8-18-9-6-11)12-3-4-13(16)14(17)10-12/h3-6,8-10,15,19H,2,7H2,1H3. The summed E-state index contributed by atoms with van der Waals surface area (Å²) in [5, 5.41) is 4.68. The summed E-state index contributed by atoms with van der Waals surface area (Å²) in [5.41, 5.74) is 2.27. The van der Waals surface area contributed by atoms with Gasteiger partial charge in [0.05, 0.1) is 16.1 Å². The normalized spacial score (nSPS) is 12.4. The van der Waals surface area contributed by atoms with Crippen molar-refractivity contribution in [3.63, 3.8) is 0 Å². The van der Waals surface area contributed by atoms with Gasteiger partial charge in [-0.3, -0.25) is 4.98 Å². The molecule has 2 nitrogen and oxygen atoms in total. The van der Waals surface area contributed by atoms with Crippen molar-refractivity contribution in [3.8, 4) is 0 Å². The Hall–Kier alpha value is -1.09. The Morgan fingerprint density at radius 1 is 1.05 bits per heavy atom. The highest BCUT2D eigenvalue weighted by atomic mass is 35.5. The van der Waals surface area contributed by atoms with Gasteiger partial charge in [0, 0.05) is 12.4 Å². The zero-order valence-corrected chi connectivity index (χ0v) is 12.2. The predicted molar refractivity (Wildman–Crippen MR) is 80.8 cm³/mol. The lowest BCUT2D eigenvalue weighted by molar-refractivity contribution is 0.598. The minimum Gasteiger partial charge on any atom is -0.306 e. The number of aromatic nitrogens is 1. The second-order valence-electron chi connectivity index (χ2n) is 4.34. The maximum atomic E-state index is 6.11. The Balaban J connectivity index is 2.34. The summed E-state index contributed by atoms with van der Waals surface area (Å²) in [6.07, 6.45) is 4.67. The molecule has 1 aromatic heterocycles. The molecule has 0 bridgehead atoms. The molecule has 1 atom stereocenters. The Morgan fingerprint density at radius 2 is 1.79 bits per heavy atom. The molecule has 19 heavy (non-hydrogen) atoms. The maximum absolute atomic E-state index is 6.11. The van der Waals surface area contributed by atoms with Crippen LogP contribution in [0, 0.1) is 0 Å². The van der Waals surface area contributed by atoms with Crippen molar-refractivity contribution < 1.29 is 0 Å². The largest absolute Gasteiger partial charge is 0.306 e. The first kappa shape index (κ1) is 14.3. The van der Waals surface area contributed by atoms with E-state index < -0.39 is 0 Å². The number of pyridine rings is 1. The van der Waals surface area contributed by atoms with Crippen molar-refractivity contribution in [2.24, 2.45) is 0 Å². The second kappa shape index (κ2) is 6.90. The monoisotopic (exact) mass is 294 g/mol. The molecule has 0 fully saturated rings. The fourth-order valence-corrected chi connectivity index (χ4v) is 2.27. The van der Waals surface area contributed by atoms with Crippen molar-refractivity contribution >= 4 is 23.2 Å². The average molecular weight is 295 g/mol. The van der Waals surface area contributed by atoms with Gasteiger partial charge in [0.25, 0.3) is 0 Å². The Kier molecular flexibility index (Phi) is 5.20. The second-order valence-corrected chi connectivity index (χ2v) is 5.16. The SMILES string of the molecule is CCCNC(c1ccncc1)c1ccc(Cl)c(Cl)c1. The van der Waals surface area contributed by atoms with Crippen LogP contribution in [0.4, 0.5) is 0 Å². The van der Waals surface area contributed by atoms with Gasteiger partial charge in [-0.15, -0.1) is 0 Å². The van der Waals surface area contributed by atoms with E-state index in [9.17, 15) is 0 Å². The average Bonchev–Trinajstić information content (AvgIpc) is 2.44. The third-order valence-corrected chi connectivity index (χ3v) is 3.65. The molecule has 1 N–H and O–H groups in total. The summed E-state index contributed by atoms with van der Waals surface area (Å²) in [6.45, 7) is 3.08. The summed E-state index contributed by atoms with van der Waals surface area (Å²) in [5.74, 6) is 0. The molecule has 4 heteroatoms. The lowest BCUT2D eigenvalue weighted by Gasteiger charge is -2.20. The van der Waals surface area contributed by atoms with E-state index in [1.54, 1.807) is 12.4 Å². The van der Waals surface area contributed by atoms with Crippen molar-refractivity contribution in [1.29, 1.82) is 0 Å². The van der Waals surface area contributed by atoms with Crippen LogP contribution in [0.5, 0.6) is 0 Å². The van der Waals surface area contributed by atoms with E-state index in [4.69, 9.17) is 23.2 Å². The van der Waals surface area contributed by atoms with Crippen LogP contribution in [-0.4, -0.2) is 11.5 Å². The first-order valence-corrected chi connectivity index (χ1v) is 7.06. The van der Waals surface area contributed by atoms with Crippen LogP contribution < -0.4 is 5.32 Å². The Bertz CT molecular complexity index is 529. The molecule has 1 unspecified atom stereocenters. The third kappa shape index (κ3) is 3.69. The van der Waals surface area contributed by atoms with Crippen molar-refractivity contribution in [2.75, 3.05) is 6.54 Å². The van der Waals surface area contributed by atoms with Crippen LogP contribution in [0.25, 0.3) is 0 Å². The van der Waals surface area contributed by atoms with Gasteiger partial charge in [0.1, 0.15) is 0 Å². The Morgan fingerprint density at radius 3 is 2.42 bits per heavy atom. The van der Waals surface area contributed by atoms with Crippen LogP contribution in [0.1, 0.15) is 30.5 Å². The zero-order chi connectivity index (χ0) is 13.7. The maximum Gasteiger partial charge on any atom is 0.0595 e. The first-order valence-electron chi connectivity index (χ1n) is 6.30. The van der Waals surface area contributed by atoms with Gasteiger partial charge in [0.2, 0.25) is 0 Å². The van der Waals surface area contributed by atoms with E-state index >= 15 is 0 Å². The molecule has 2 aromatic rings. The van der Waals surface area contributed by atoms with Gasteiger partial charge < -0.3 is 5.32 Å². The summed E-state index contributed by atoms with van der Waals surface area (Å²) < 4.78 is 0. The van der Waals surface area contributed by atoms with Gasteiger partial charge in [-0.05, 0) is 48.4 Å². The third-order valence-electron chi connectivity index (χ3n) is 2.91. The van der Waals surface area contributed by atoms with Crippen LogP contribution >= 0.6 is 23.2 Å². The summed E-state index contributed by atoms with van der Waals surface area (Å²) in [6, 6.07) is 9.88. The highest BCUT2D eigenvalue weighted by Gasteiger charge is 2.14. The van der Waals surface area contributed by atoms with Crippen LogP contribution in [0.15, 0.2) is 42.7 Å². The molecule has 0 saturated heterocycles. The fraction of sp³-hybridized carbons (Fsp3) is 0.267. The van der Waals surface area contributed by atoms with Crippen molar-refractivity contribution in [2.45, 2.75) is 19.4 Å². The molecule has 0 saturated carbocycles. The predicted octanol–water partition coefficient (Wildman–Crippen LogP) is 4.48. The smallest absolute Gasteiger partial charge is 0.0595 e. The van der Waals surface area contributed by atoms with Crippen LogP contribution in [-0.2, 0) is 0 Å². The summed E-state index contributed by atoms with van der Waals surface area (Å²) in [7, 11) is 0. The number of nitrogens with zero attached hydrogens (tertiary/aromatic N) is 1. The summed E-state index contributed by atoms with van der Waals surface area (Å²) in [4.78, 5) is 4.06. The molecule has 2 rings (SSSR count). The number of benzene rings is 1. The number of hydrogen-bond donors (Lipinski definition) is 1. The highest BCUT2D eigenvalue weighted by Crippen LogP contribution is 2.28. The molecule has 1 heterocycles. The van der Waals surface area contributed by atoms with Crippen molar-refractivity contribution in [3.05, 3.63) is 63.9 Å². The molecule has 0 aliphatic rings. The quantitative estimate of drug-likeness (QED) is 0.880. The van der Waals surface area contributed by atoms with E-state index in [-0.39, 0.29) is 6.04 Å². The highest BCUT2D eigenvalue weighted by molar-refractivity contribution is 6.42. The van der Waals surface area contributed by atoms with E-state index in [2.05, 4.69) is 17.2 Å². The zero-order valence-electron chi connectivity index (χ0n) is 10.7.